The maximum absolute atomic E-state index is 12.2. The molecular formula is C28H38N4O3. The van der Waals surface area contributed by atoms with Gasteiger partial charge >= 0.3 is 5.97 Å². The summed E-state index contributed by atoms with van der Waals surface area (Å²) in [6.07, 6.45) is 12.7. The number of hydrogen-bond donors (Lipinski definition) is 2. The highest BCUT2D eigenvalue weighted by Gasteiger charge is 2.40. The Bertz CT molecular complexity index is 1020. The van der Waals surface area contributed by atoms with Gasteiger partial charge in [0.25, 0.3) is 0 Å². The number of unbranched alkanes of at least 4 members (excludes halogenated alkanes) is 2. The first-order chi connectivity index (χ1) is 17.1. The van der Waals surface area contributed by atoms with E-state index in [1.165, 1.54) is 17.7 Å². The molecule has 0 bridgehead atoms. The van der Waals surface area contributed by atoms with Gasteiger partial charge in [0.1, 0.15) is 11.9 Å². The molecule has 3 heterocycles. The van der Waals surface area contributed by atoms with Crippen LogP contribution in [0.15, 0.2) is 30.5 Å². The van der Waals surface area contributed by atoms with Gasteiger partial charge in [-0.2, -0.15) is 0 Å². The van der Waals surface area contributed by atoms with Crippen LogP contribution in [0, 0.1) is 0 Å². The van der Waals surface area contributed by atoms with Gasteiger partial charge in [-0.05, 0) is 82.5 Å². The van der Waals surface area contributed by atoms with E-state index in [-0.39, 0.29) is 12.1 Å². The molecule has 1 unspecified atom stereocenters. The Hall–Kier alpha value is -2.51. The Morgan fingerprint density at radius 1 is 1.23 bits per heavy atom. The fourth-order valence-electron chi connectivity index (χ4n) is 5.45. The summed E-state index contributed by atoms with van der Waals surface area (Å²) in [5.41, 5.74) is 4.35. The van der Waals surface area contributed by atoms with Gasteiger partial charge in [0.15, 0.2) is 0 Å². The van der Waals surface area contributed by atoms with E-state index in [1.807, 2.05) is 24.1 Å². The van der Waals surface area contributed by atoms with Crippen LogP contribution in [0.1, 0.15) is 85.8 Å². The molecule has 1 aliphatic heterocycles. The minimum atomic E-state index is -0.795. The molecule has 7 nitrogen and oxygen atoms in total. The van der Waals surface area contributed by atoms with Gasteiger partial charge in [0.05, 0.1) is 6.10 Å². The number of aromatic nitrogens is 2. The van der Waals surface area contributed by atoms with Gasteiger partial charge in [-0.25, -0.2) is 4.98 Å². The molecule has 0 radical (unpaired) electrons. The van der Waals surface area contributed by atoms with Crippen molar-refractivity contribution in [3.8, 4) is 0 Å². The van der Waals surface area contributed by atoms with E-state index >= 15 is 0 Å². The summed E-state index contributed by atoms with van der Waals surface area (Å²) in [5, 5.41) is 13.4. The second kappa shape index (κ2) is 11.0. The van der Waals surface area contributed by atoms with E-state index < -0.39 is 12.0 Å². The molecule has 5 rings (SSSR count). The highest BCUT2D eigenvalue weighted by Crippen LogP contribution is 2.43. The van der Waals surface area contributed by atoms with Crippen molar-refractivity contribution >= 4 is 11.8 Å². The van der Waals surface area contributed by atoms with Crippen molar-refractivity contribution in [2.24, 2.45) is 0 Å². The predicted octanol–water partition coefficient (Wildman–Crippen LogP) is 4.73. The van der Waals surface area contributed by atoms with Crippen LogP contribution < -0.4 is 5.32 Å². The topological polar surface area (TPSA) is 87.6 Å². The third-order valence-corrected chi connectivity index (χ3v) is 7.80. The van der Waals surface area contributed by atoms with Crippen molar-refractivity contribution in [3.05, 3.63) is 53.0 Å². The Morgan fingerprint density at radius 2 is 2.09 bits per heavy atom. The molecule has 0 saturated heterocycles. The molecule has 7 heteroatoms. The molecule has 0 amide bonds. The first-order valence-corrected chi connectivity index (χ1v) is 13.3. The summed E-state index contributed by atoms with van der Waals surface area (Å²) < 4.78 is 6.09. The average Bonchev–Trinajstić information content (AvgIpc) is 3.68. The highest BCUT2D eigenvalue weighted by atomic mass is 16.5. The van der Waals surface area contributed by atoms with Crippen molar-refractivity contribution in [3.63, 3.8) is 0 Å². The van der Waals surface area contributed by atoms with E-state index in [4.69, 9.17) is 9.72 Å². The SMILES string of the molecule is CN(C1CC(OCCCCCc2ccc3c(n2)NCCC3)C1)C(C(=O)O)c1cccnc1C1CC1. The number of hydrogen-bond acceptors (Lipinski definition) is 6. The van der Waals surface area contributed by atoms with Gasteiger partial charge < -0.3 is 15.2 Å². The van der Waals surface area contributed by atoms with Crippen LogP contribution in [0.5, 0.6) is 0 Å². The number of aryl methyl sites for hydroxylation is 2. The molecule has 2 aromatic heterocycles. The number of aliphatic carboxylic acids is 1. The number of fused-ring (bicyclic) bond motifs is 1. The van der Waals surface area contributed by atoms with E-state index in [1.54, 1.807) is 6.20 Å². The molecule has 2 fully saturated rings. The lowest BCUT2D eigenvalue weighted by molar-refractivity contribution is -0.146. The van der Waals surface area contributed by atoms with E-state index in [9.17, 15) is 9.90 Å². The Morgan fingerprint density at radius 3 is 2.89 bits per heavy atom. The molecule has 2 aromatic rings. The third-order valence-electron chi connectivity index (χ3n) is 7.80. The van der Waals surface area contributed by atoms with E-state index in [0.29, 0.717) is 5.92 Å². The maximum Gasteiger partial charge on any atom is 0.325 e. The number of carboxylic acids is 1. The second-order valence-corrected chi connectivity index (χ2v) is 10.4. The molecule has 2 N–H and O–H groups in total. The van der Waals surface area contributed by atoms with Crippen molar-refractivity contribution in [1.82, 2.24) is 14.9 Å². The van der Waals surface area contributed by atoms with Crippen LogP contribution in [0.25, 0.3) is 0 Å². The summed E-state index contributed by atoms with van der Waals surface area (Å²) >= 11 is 0. The van der Waals surface area contributed by atoms with Crippen molar-refractivity contribution in [1.29, 1.82) is 0 Å². The minimum absolute atomic E-state index is 0.233. The molecule has 35 heavy (non-hydrogen) atoms. The van der Waals surface area contributed by atoms with Crippen molar-refractivity contribution < 1.29 is 14.6 Å². The van der Waals surface area contributed by atoms with Crippen molar-refractivity contribution in [2.75, 3.05) is 25.5 Å². The standard InChI is InChI=1S/C28H38N4O3/c1-32(26(28(33)34)24-9-6-14-29-25(24)19-10-11-19)22-17-23(18-22)35-16-4-2-3-8-21-13-12-20-7-5-15-30-27(20)31-21/h6,9,12-14,19,22-23,26H,2-5,7-8,10-11,15-18H2,1H3,(H,30,31)(H,33,34). The zero-order valence-corrected chi connectivity index (χ0v) is 20.8. The van der Waals surface area contributed by atoms with Gasteiger partial charge in [0, 0.05) is 48.3 Å². The van der Waals surface area contributed by atoms with Gasteiger partial charge in [-0.15, -0.1) is 0 Å². The number of carbonyl (C=O) groups is 1. The lowest BCUT2D eigenvalue weighted by Gasteiger charge is -2.43. The van der Waals surface area contributed by atoms with Gasteiger partial charge in [-0.3, -0.25) is 14.7 Å². The molecule has 0 aromatic carbocycles. The quantitative estimate of drug-likeness (QED) is 0.426. The van der Waals surface area contributed by atoms with Crippen LogP contribution in [-0.2, 0) is 22.4 Å². The number of likely N-dealkylation sites (N-methyl/N-ethyl adjacent to an activating group) is 1. The first-order valence-electron chi connectivity index (χ1n) is 13.3. The molecule has 188 valence electrons. The Balaban J connectivity index is 1.01. The number of rotatable bonds is 12. The summed E-state index contributed by atoms with van der Waals surface area (Å²) in [5.74, 6) is 0.716. The molecular weight excluding hydrogens is 440 g/mol. The van der Waals surface area contributed by atoms with Crippen LogP contribution in [-0.4, -0.2) is 58.3 Å². The summed E-state index contributed by atoms with van der Waals surface area (Å²) in [7, 11) is 1.94. The monoisotopic (exact) mass is 478 g/mol. The lowest BCUT2D eigenvalue weighted by atomic mass is 9.86. The molecule has 1 atom stereocenters. The Kier molecular flexibility index (Phi) is 7.63. The van der Waals surface area contributed by atoms with Crippen LogP contribution in [0.2, 0.25) is 0 Å². The van der Waals surface area contributed by atoms with Crippen LogP contribution in [0.3, 0.4) is 0 Å². The predicted molar refractivity (Wildman–Crippen MR) is 136 cm³/mol. The second-order valence-electron chi connectivity index (χ2n) is 10.4. The van der Waals surface area contributed by atoms with Gasteiger partial charge in [-0.1, -0.05) is 18.6 Å². The van der Waals surface area contributed by atoms with Gasteiger partial charge in [0.2, 0.25) is 0 Å². The first kappa shape index (κ1) is 24.2. The number of pyridine rings is 2. The number of nitrogens with one attached hydrogen (secondary N) is 1. The minimum Gasteiger partial charge on any atom is -0.480 e. The largest absolute Gasteiger partial charge is 0.480 e. The Labute approximate surface area is 208 Å². The normalized spacial score (nSPS) is 22.2. The van der Waals surface area contributed by atoms with Crippen LogP contribution in [0.4, 0.5) is 5.82 Å². The zero-order chi connectivity index (χ0) is 24.2. The van der Waals surface area contributed by atoms with Crippen LogP contribution >= 0.6 is 0 Å². The van der Waals surface area contributed by atoms with E-state index in [0.717, 1.165) is 88.0 Å². The fourth-order valence-corrected chi connectivity index (χ4v) is 5.45. The smallest absolute Gasteiger partial charge is 0.325 e. The lowest BCUT2D eigenvalue weighted by Crippen LogP contribution is -2.49. The number of anilines is 1. The maximum atomic E-state index is 12.2. The molecule has 2 aliphatic carbocycles. The number of nitrogens with zero attached hydrogens (tertiary/aromatic N) is 3. The van der Waals surface area contributed by atoms with Crippen molar-refractivity contribution in [2.45, 2.75) is 88.3 Å². The summed E-state index contributed by atoms with van der Waals surface area (Å²) in [6.45, 7) is 1.80. The molecule has 3 aliphatic rings. The summed E-state index contributed by atoms with van der Waals surface area (Å²) in [4.78, 5) is 23.5. The third kappa shape index (κ3) is 5.84. The average molecular weight is 479 g/mol. The number of ether oxygens (including phenoxy) is 1. The molecule has 2 saturated carbocycles. The number of carboxylic acid groups (broad SMARTS) is 1. The highest BCUT2D eigenvalue weighted by molar-refractivity contribution is 5.76. The zero-order valence-electron chi connectivity index (χ0n) is 20.8. The summed E-state index contributed by atoms with van der Waals surface area (Å²) in [6, 6.07) is 7.80. The molecule has 0 spiro atoms. The fraction of sp³-hybridized carbons (Fsp3) is 0.607. The van der Waals surface area contributed by atoms with E-state index in [2.05, 4.69) is 22.4 Å².